The molecule has 0 bridgehead atoms. The molecule has 2 aromatic carbocycles. The highest BCUT2D eigenvalue weighted by molar-refractivity contribution is 9.10. The first-order chi connectivity index (χ1) is 10.9. The molecule has 3 rings (SSSR count). The molecule has 4 heteroatoms. The van der Waals surface area contributed by atoms with Crippen LogP contribution >= 0.6 is 27.3 Å². The smallest absolute Gasteiger partial charge is 0.187 e. The van der Waals surface area contributed by atoms with Gasteiger partial charge < -0.3 is 5.32 Å². The highest BCUT2D eigenvalue weighted by Gasteiger charge is 2.13. The van der Waals surface area contributed by atoms with E-state index in [0.717, 1.165) is 26.5 Å². The molecular formula is C19H19BrN2S. The summed E-state index contributed by atoms with van der Waals surface area (Å²) in [6, 6.07) is 16.8. The molecule has 0 aliphatic carbocycles. The zero-order valence-electron chi connectivity index (χ0n) is 13.4. The number of nitrogens with one attached hydrogen (secondary N) is 1. The maximum Gasteiger partial charge on any atom is 0.187 e. The largest absolute Gasteiger partial charge is 0.332 e. The van der Waals surface area contributed by atoms with Crippen molar-refractivity contribution in [1.82, 2.24) is 4.98 Å². The zero-order chi connectivity index (χ0) is 16.4. The van der Waals surface area contributed by atoms with Gasteiger partial charge in [0.25, 0.3) is 0 Å². The topological polar surface area (TPSA) is 24.9 Å². The summed E-state index contributed by atoms with van der Waals surface area (Å²) in [6.07, 6.45) is 0. The lowest BCUT2D eigenvalue weighted by molar-refractivity contribution is 0.590. The van der Waals surface area contributed by atoms with E-state index in [9.17, 15) is 0 Å². The number of hydrogen-bond donors (Lipinski definition) is 1. The van der Waals surface area contributed by atoms with E-state index in [1.165, 1.54) is 5.56 Å². The second kappa shape index (κ2) is 6.46. The molecule has 2 nitrogen and oxygen atoms in total. The quantitative estimate of drug-likeness (QED) is 0.547. The Morgan fingerprint density at radius 3 is 2.43 bits per heavy atom. The van der Waals surface area contributed by atoms with E-state index in [1.807, 2.05) is 24.3 Å². The van der Waals surface area contributed by atoms with Crippen LogP contribution in [0.15, 0.2) is 58.4 Å². The van der Waals surface area contributed by atoms with E-state index >= 15 is 0 Å². The number of benzene rings is 2. The van der Waals surface area contributed by atoms with Crippen molar-refractivity contribution >= 4 is 38.1 Å². The molecule has 0 fully saturated rings. The average molecular weight is 387 g/mol. The van der Waals surface area contributed by atoms with Crippen molar-refractivity contribution in [2.75, 3.05) is 5.32 Å². The maximum absolute atomic E-state index is 4.69. The minimum absolute atomic E-state index is 0.175. The van der Waals surface area contributed by atoms with Crippen LogP contribution in [0.1, 0.15) is 26.3 Å². The lowest BCUT2D eigenvalue weighted by Crippen LogP contribution is -2.10. The van der Waals surface area contributed by atoms with E-state index in [4.69, 9.17) is 0 Å². The fourth-order valence-corrected chi connectivity index (χ4v) is 3.43. The van der Waals surface area contributed by atoms with E-state index in [-0.39, 0.29) is 5.41 Å². The predicted octanol–water partition coefficient (Wildman–Crippen LogP) is 6.61. The van der Waals surface area contributed by atoms with Crippen molar-refractivity contribution in [2.24, 2.45) is 0 Å². The second-order valence-electron chi connectivity index (χ2n) is 6.50. The highest BCUT2D eigenvalue weighted by Crippen LogP contribution is 2.30. The van der Waals surface area contributed by atoms with Crippen molar-refractivity contribution in [2.45, 2.75) is 26.2 Å². The Morgan fingerprint density at radius 1 is 1.04 bits per heavy atom. The molecule has 1 heterocycles. The van der Waals surface area contributed by atoms with Crippen LogP contribution in [-0.2, 0) is 5.41 Å². The summed E-state index contributed by atoms with van der Waals surface area (Å²) < 4.78 is 1.05. The Kier molecular flexibility index (Phi) is 4.55. The van der Waals surface area contributed by atoms with Gasteiger partial charge >= 0.3 is 0 Å². The van der Waals surface area contributed by atoms with Crippen molar-refractivity contribution in [3.63, 3.8) is 0 Å². The molecule has 118 valence electrons. The van der Waals surface area contributed by atoms with Crippen molar-refractivity contribution in [1.29, 1.82) is 0 Å². The van der Waals surface area contributed by atoms with E-state index in [0.29, 0.717) is 0 Å². The van der Waals surface area contributed by atoms with Gasteiger partial charge in [-0.2, -0.15) is 0 Å². The molecule has 23 heavy (non-hydrogen) atoms. The fraction of sp³-hybridized carbons (Fsp3) is 0.211. The van der Waals surface area contributed by atoms with Gasteiger partial charge in [-0.3, -0.25) is 0 Å². The van der Waals surface area contributed by atoms with Gasteiger partial charge in [-0.05, 0) is 29.2 Å². The molecule has 0 unspecified atom stereocenters. The molecule has 0 atom stereocenters. The van der Waals surface area contributed by atoms with Crippen LogP contribution in [0.2, 0.25) is 0 Å². The summed E-state index contributed by atoms with van der Waals surface area (Å²) in [7, 11) is 0. The summed E-state index contributed by atoms with van der Waals surface area (Å²) >= 11 is 5.10. The van der Waals surface area contributed by atoms with Crippen molar-refractivity contribution < 1.29 is 0 Å². The third kappa shape index (κ3) is 4.01. The molecule has 0 aliphatic rings. The van der Waals surface area contributed by atoms with Crippen LogP contribution in [0.4, 0.5) is 10.8 Å². The second-order valence-corrected chi connectivity index (χ2v) is 8.27. The van der Waals surface area contributed by atoms with Gasteiger partial charge in [-0.15, -0.1) is 11.3 Å². The standard InChI is InChI=1S/C19H19BrN2S/c1-19(2,3)14-9-7-13(8-10-14)17-12-23-18(22-17)21-16-6-4-5-15(20)11-16/h4-12H,1-3H3,(H,21,22). The molecule has 0 radical (unpaired) electrons. The Hall–Kier alpha value is -1.65. The van der Waals surface area contributed by atoms with Crippen LogP contribution in [-0.4, -0.2) is 4.98 Å². The van der Waals surface area contributed by atoms with Crippen LogP contribution < -0.4 is 5.32 Å². The van der Waals surface area contributed by atoms with E-state index < -0.39 is 0 Å². The van der Waals surface area contributed by atoms with Gasteiger partial charge in [0.1, 0.15) is 0 Å². The highest BCUT2D eigenvalue weighted by atomic mass is 79.9. The number of hydrogen-bond acceptors (Lipinski definition) is 3. The number of anilines is 2. The summed E-state index contributed by atoms with van der Waals surface area (Å²) in [5, 5.41) is 6.34. The molecule has 0 amide bonds. The number of thiazole rings is 1. The van der Waals surface area contributed by atoms with Gasteiger partial charge in [0.2, 0.25) is 0 Å². The summed E-state index contributed by atoms with van der Waals surface area (Å²) in [4.78, 5) is 4.69. The zero-order valence-corrected chi connectivity index (χ0v) is 15.8. The molecule has 3 aromatic rings. The first-order valence-electron chi connectivity index (χ1n) is 7.51. The Morgan fingerprint density at radius 2 is 1.78 bits per heavy atom. The number of nitrogens with zero attached hydrogens (tertiary/aromatic N) is 1. The summed E-state index contributed by atoms with van der Waals surface area (Å²) in [5.74, 6) is 0. The minimum Gasteiger partial charge on any atom is -0.332 e. The molecule has 0 aliphatic heterocycles. The minimum atomic E-state index is 0.175. The molecule has 0 saturated carbocycles. The number of rotatable bonds is 3. The van der Waals surface area contributed by atoms with Crippen LogP contribution in [0.5, 0.6) is 0 Å². The lowest BCUT2D eigenvalue weighted by atomic mass is 9.86. The first kappa shape index (κ1) is 16.2. The lowest BCUT2D eigenvalue weighted by Gasteiger charge is -2.18. The van der Waals surface area contributed by atoms with Gasteiger partial charge in [-0.25, -0.2) is 4.98 Å². The van der Waals surface area contributed by atoms with Crippen LogP contribution in [0.25, 0.3) is 11.3 Å². The first-order valence-corrected chi connectivity index (χ1v) is 9.18. The van der Waals surface area contributed by atoms with E-state index in [2.05, 4.69) is 76.6 Å². The predicted molar refractivity (Wildman–Crippen MR) is 104 cm³/mol. The third-order valence-corrected chi connectivity index (χ3v) is 4.88. The van der Waals surface area contributed by atoms with Crippen molar-refractivity contribution in [3.8, 4) is 11.3 Å². The average Bonchev–Trinajstić information content (AvgIpc) is 2.95. The van der Waals surface area contributed by atoms with Crippen LogP contribution in [0, 0.1) is 0 Å². The maximum atomic E-state index is 4.69. The van der Waals surface area contributed by atoms with Gasteiger partial charge in [0.15, 0.2) is 5.13 Å². The molecule has 1 aromatic heterocycles. The van der Waals surface area contributed by atoms with Crippen LogP contribution in [0.3, 0.4) is 0 Å². The third-order valence-electron chi connectivity index (χ3n) is 3.63. The normalized spacial score (nSPS) is 11.5. The number of aromatic nitrogens is 1. The SMILES string of the molecule is CC(C)(C)c1ccc(-c2csc(Nc3cccc(Br)c3)n2)cc1. The van der Waals surface area contributed by atoms with Gasteiger partial charge in [0, 0.05) is 21.1 Å². The Labute approximate surface area is 149 Å². The summed E-state index contributed by atoms with van der Waals surface area (Å²) in [5.41, 5.74) is 4.70. The van der Waals surface area contributed by atoms with E-state index in [1.54, 1.807) is 11.3 Å². The van der Waals surface area contributed by atoms with Crippen molar-refractivity contribution in [3.05, 3.63) is 63.9 Å². The van der Waals surface area contributed by atoms with Gasteiger partial charge in [0.05, 0.1) is 5.69 Å². The fourth-order valence-electron chi connectivity index (χ4n) is 2.29. The molecule has 1 N–H and O–H groups in total. The monoisotopic (exact) mass is 386 g/mol. The summed E-state index contributed by atoms with van der Waals surface area (Å²) in [6.45, 7) is 6.68. The Bertz CT molecular complexity index is 801. The molecule has 0 saturated heterocycles. The van der Waals surface area contributed by atoms with Gasteiger partial charge in [-0.1, -0.05) is 67.0 Å². The Balaban J connectivity index is 1.79. The molecule has 0 spiro atoms. The number of halogens is 1. The molecular weight excluding hydrogens is 368 g/mol.